The zero-order valence-electron chi connectivity index (χ0n) is 9.38. The van der Waals surface area contributed by atoms with E-state index in [-0.39, 0.29) is 0 Å². The van der Waals surface area contributed by atoms with Crippen LogP contribution in [0.2, 0.25) is 0 Å². The van der Waals surface area contributed by atoms with Crippen molar-refractivity contribution in [3.05, 3.63) is 33.0 Å². The number of carboxylic acids is 1. The van der Waals surface area contributed by atoms with Crippen LogP contribution in [0, 0.1) is 0 Å². The highest BCUT2D eigenvalue weighted by Gasteiger charge is 2.12. The van der Waals surface area contributed by atoms with Gasteiger partial charge in [-0.3, -0.25) is 9.59 Å². The molecule has 94 valence electrons. The first kappa shape index (κ1) is 13.1. The van der Waals surface area contributed by atoms with Crippen LogP contribution in [0.1, 0.15) is 0 Å². The first-order valence-corrected chi connectivity index (χ1v) is 7.01. The van der Waals surface area contributed by atoms with Crippen LogP contribution in [-0.2, 0) is 11.3 Å². The predicted molar refractivity (Wildman–Crippen MR) is 73.1 cm³/mol. The summed E-state index contributed by atoms with van der Waals surface area (Å²) in [5.74, 6) is -1.09. The molecule has 2 rings (SSSR count). The van der Waals surface area contributed by atoms with E-state index in [1.54, 1.807) is 18.2 Å². The maximum atomic E-state index is 12.1. The van der Waals surface area contributed by atoms with Gasteiger partial charge >= 0.3 is 5.97 Å². The smallest absolute Gasteiger partial charge is 0.325 e. The topological polar surface area (TPSA) is 72.2 Å². The molecule has 0 spiro atoms. The van der Waals surface area contributed by atoms with Crippen molar-refractivity contribution < 1.29 is 9.90 Å². The molecule has 0 saturated carbocycles. The molecule has 0 amide bonds. The van der Waals surface area contributed by atoms with Gasteiger partial charge in [0.05, 0.1) is 5.39 Å². The SMILES string of the molecule is CSc1nn(CC(=O)O)c(=O)c2ccc(Br)cc12. The zero-order valence-corrected chi connectivity index (χ0v) is 11.8. The number of carboxylic acid groups (broad SMARTS) is 1. The Bertz CT molecular complexity index is 684. The molecule has 1 aromatic carbocycles. The molecular weight excluding hydrogens is 320 g/mol. The average Bonchev–Trinajstić information content (AvgIpc) is 2.32. The van der Waals surface area contributed by atoms with Crippen LogP contribution >= 0.6 is 27.7 Å². The number of thioether (sulfide) groups is 1. The third-order valence-electron chi connectivity index (χ3n) is 2.37. The fourth-order valence-corrected chi connectivity index (χ4v) is 2.54. The third kappa shape index (κ3) is 2.41. The summed E-state index contributed by atoms with van der Waals surface area (Å²) in [4.78, 5) is 22.8. The van der Waals surface area contributed by atoms with Crippen LogP contribution in [0.5, 0.6) is 0 Å². The average molecular weight is 329 g/mol. The normalized spacial score (nSPS) is 10.8. The quantitative estimate of drug-likeness (QED) is 0.872. The van der Waals surface area contributed by atoms with E-state index in [4.69, 9.17) is 5.11 Å². The summed E-state index contributed by atoms with van der Waals surface area (Å²) in [5.41, 5.74) is -0.391. The van der Waals surface area contributed by atoms with Gasteiger partial charge in [-0.05, 0) is 24.5 Å². The van der Waals surface area contributed by atoms with Gasteiger partial charge in [0.15, 0.2) is 0 Å². The minimum Gasteiger partial charge on any atom is -0.480 e. The van der Waals surface area contributed by atoms with Gasteiger partial charge in [-0.15, -0.1) is 11.8 Å². The standard InChI is InChI=1S/C11H9BrN2O3S/c1-18-10-8-4-6(12)2-3-7(8)11(17)14(13-10)5-9(15)16/h2-4H,5H2,1H3,(H,15,16). The molecule has 18 heavy (non-hydrogen) atoms. The van der Waals surface area contributed by atoms with Crippen molar-refractivity contribution in [3.63, 3.8) is 0 Å². The first-order chi connectivity index (χ1) is 8.52. The van der Waals surface area contributed by atoms with Crippen molar-refractivity contribution in [1.82, 2.24) is 9.78 Å². The van der Waals surface area contributed by atoms with Crippen molar-refractivity contribution in [2.75, 3.05) is 6.26 Å². The van der Waals surface area contributed by atoms with Gasteiger partial charge in [0.1, 0.15) is 11.6 Å². The Hall–Kier alpha value is -1.34. The Morgan fingerprint density at radius 1 is 1.50 bits per heavy atom. The van der Waals surface area contributed by atoms with E-state index >= 15 is 0 Å². The van der Waals surface area contributed by atoms with E-state index in [0.29, 0.717) is 10.4 Å². The lowest BCUT2D eigenvalue weighted by molar-refractivity contribution is -0.138. The summed E-state index contributed by atoms with van der Waals surface area (Å²) in [6, 6.07) is 5.22. The van der Waals surface area contributed by atoms with Crippen molar-refractivity contribution in [2.45, 2.75) is 11.6 Å². The molecule has 1 aromatic heterocycles. The largest absolute Gasteiger partial charge is 0.480 e. The number of benzene rings is 1. The molecular formula is C11H9BrN2O3S. The van der Waals surface area contributed by atoms with Gasteiger partial charge in [-0.25, -0.2) is 4.68 Å². The summed E-state index contributed by atoms with van der Waals surface area (Å²) in [6.07, 6.45) is 1.83. The van der Waals surface area contributed by atoms with Crippen molar-refractivity contribution >= 4 is 44.4 Å². The van der Waals surface area contributed by atoms with Crippen LogP contribution in [0.3, 0.4) is 0 Å². The summed E-state index contributed by atoms with van der Waals surface area (Å²) in [7, 11) is 0. The summed E-state index contributed by atoms with van der Waals surface area (Å²) < 4.78 is 1.83. The maximum absolute atomic E-state index is 12.1. The van der Waals surface area contributed by atoms with E-state index in [1.807, 2.05) is 6.26 Å². The lowest BCUT2D eigenvalue weighted by atomic mass is 10.2. The van der Waals surface area contributed by atoms with Crippen molar-refractivity contribution in [2.24, 2.45) is 0 Å². The van der Waals surface area contributed by atoms with Crippen LogP contribution in [0.15, 0.2) is 32.5 Å². The molecule has 0 fully saturated rings. The number of hydrogen-bond donors (Lipinski definition) is 1. The minimum atomic E-state index is -1.09. The number of carbonyl (C=O) groups is 1. The highest BCUT2D eigenvalue weighted by atomic mass is 79.9. The van der Waals surface area contributed by atoms with Gasteiger partial charge in [0.2, 0.25) is 0 Å². The highest BCUT2D eigenvalue weighted by molar-refractivity contribution is 9.10. The third-order valence-corrected chi connectivity index (χ3v) is 3.55. The number of nitrogens with zero attached hydrogens (tertiary/aromatic N) is 2. The maximum Gasteiger partial charge on any atom is 0.325 e. The fourth-order valence-electron chi connectivity index (χ4n) is 1.61. The Balaban J connectivity index is 2.78. The zero-order chi connectivity index (χ0) is 13.3. The Labute approximate surface area is 115 Å². The molecule has 0 aliphatic rings. The predicted octanol–water partition coefficient (Wildman–Crippen LogP) is 1.97. The van der Waals surface area contributed by atoms with Gasteiger partial charge < -0.3 is 5.11 Å². The molecule has 7 heteroatoms. The second kappa shape index (κ2) is 5.11. The van der Waals surface area contributed by atoms with Crippen molar-refractivity contribution in [3.8, 4) is 0 Å². The number of fused-ring (bicyclic) bond motifs is 1. The fraction of sp³-hybridized carbons (Fsp3) is 0.182. The molecule has 0 radical (unpaired) electrons. The number of aromatic nitrogens is 2. The van der Waals surface area contributed by atoms with Crippen LogP contribution in [-0.4, -0.2) is 27.1 Å². The highest BCUT2D eigenvalue weighted by Crippen LogP contribution is 2.24. The Morgan fingerprint density at radius 3 is 2.83 bits per heavy atom. The van der Waals surface area contributed by atoms with Crippen molar-refractivity contribution in [1.29, 1.82) is 0 Å². The molecule has 1 heterocycles. The molecule has 1 N–H and O–H groups in total. The molecule has 0 atom stereocenters. The molecule has 0 unspecified atom stereocenters. The number of rotatable bonds is 3. The summed E-state index contributed by atoms with van der Waals surface area (Å²) in [6.45, 7) is -0.432. The molecule has 0 bridgehead atoms. The summed E-state index contributed by atoms with van der Waals surface area (Å²) in [5, 5.41) is 14.7. The molecule has 0 aliphatic heterocycles. The molecule has 0 saturated heterocycles. The molecule has 2 aromatic rings. The molecule has 5 nitrogen and oxygen atoms in total. The van der Waals surface area contributed by atoms with Gasteiger partial charge in [-0.1, -0.05) is 15.9 Å². The van der Waals surface area contributed by atoms with E-state index in [1.165, 1.54) is 11.8 Å². The summed E-state index contributed by atoms with van der Waals surface area (Å²) >= 11 is 4.71. The monoisotopic (exact) mass is 328 g/mol. The van der Waals surface area contributed by atoms with Crippen LogP contribution < -0.4 is 5.56 Å². The minimum absolute atomic E-state index is 0.391. The number of hydrogen-bond acceptors (Lipinski definition) is 4. The number of halogens is 1. The van der Waals surface area contributed by atoms with E-state index in [9.17, 15) is 9.59 Å². The van der Waals surface area contributed by atoms with Crippen LogP contribution in [0.4, 0.5) is 0 Å². The van der Waals surface area contributed by atoms with Gasteiger partial charge in [0.25, 0.3) is 5.56 Å². The van der Waals surface area contributed by atoms with Crippen LogP contribution in [0.25, 0.3) is 10.8 Å². The lowest BCUT2D eigenvalue weighted by Crippen LogP contribution is -2.27. The van der Waals surface area contributed by atoms with Gasteiger partial charge in [-0.2, -0.15) is 5.10 Å². The Kier molecular flexibility index (Phi) is 3.72. The number of aliphatic carboxylic acids is 1. The molecule has 0 aliphatic carbocycles. The van der Waals surface area contributed by atoms with E-state index < -0.39 is 18.1 Å². The van der Waals surface area contributed by atoms with E-state index in [0.717, 1.165) is 14.5 Å². The van der Waals surface area contributed by atoms with E-state index in [2.05, 4.69) is 21.0 Å². The second-order valence-electron chi connectivity index (χ2n) is 3.56. The lowest BCUT2D eigenvalue weighted by Gasteiger charge is -2.08. The second-order valence-corrected chi connectivity index (χ2v) is 5.27. The Morgan fingerprint density at radius 2 is 2.22 bits per heavy atom. The van der Waals surface area contributed by atoms with Gasteiger partial charge in [0, 0.05) is 9.86 Å². The first-order valence-electron chi connectivity index (χ1n) is 4.99.